The lowest BCUT2D eigenvalue weighted by molar-refractivity contribution is 0.611. The van der Waals surface area contributed by atoms with Crippen LogP contribution in [0.4, 0.5) is 0 Å². The molecule has 2 aromatic rings. The van der Waals surface area contributed by atoms with E-state index in [2.05, 4.69) is 44.3 Å². The minimum Gasteiger partial charge on any atom is -0.312 e. The standard InChI is InChI=1S/C18H23N3/c1-4-16-15-11-19-6-5-17(15)21-18(20-16)10-14-8-12(2)7-13(3)9-14/h7-9,19H,4-6,10-11H2,1-3H3. The van der Waals surface area contributed by atoms with Crippen molar-refractivity contribution in [2.24, 2.45) is 0 Å². The molecule has 1 aromatic carbocycles. The summed E-state index contributed by atoms with van der Waals surface area (Å²) in [5.74, 6) is 0.970. The maximum Gasteiger partial charge on any atom is 0.133 e. The summed E-state index contributed by atoms with van der Waals surface area (Å²) >= 11 is 0. The fourth-order valence-electron chi connectivity index (χ4n) is 3.19. The molecule has 0 saturated heterocycles. The van der Waals surface area contributed by atoms with Gasteiger partial charge in [0.2, 0.25) is 0 Å². The van der Waals surface area contributed by atoms with E-state index in [9.17, 15) is 0 Å². The number of benzene rings is 1. The summed E-state index contributed by atoms with van der Waals surface area (Å²) in [4.78, 5) is 9.63. The Balaban J connectivity index is 1.95. The van der Waals surface area contributed by atoms with Gasteiger partial charge in [-0.1, -0.05) is 36.2 Å². The third-order valence-electron chi connectivity index (χ3n) is 4.04. The van der Waals surface area contributed by atoms with Gasteiger partial charge in [0.25, 0.3) is 0 Å². The molecule has 0 radical (unpaired) electrons. The molecule has 0 spiro atoms. The molecule has 1 aliphatic heterocycles. The highest BCUT2D eigenvalue weighted by Gasteiger charge is 2.16. The van der Waals surface area contributed by atoms with Crippen LogP contribution in [0.3, 0.4) is 0 Å². The van der Waals surface area contributed by atoms with Crippen molar-refractivity contribution in [1.82, 2.24) is 15.3 Å². The highest BCUT2D eigenvalue weighted by Crippen LogP contribution is 2.18. The highest BCUT2D eigenvalue weighted by molar-refractivity contribution is 5.33. The number of hydrogen-bond donors (Lipinski definition) is 1. The number of nitrogens with zero attached hydrogens (tertiary/aromatic N) is 2. The van der Waals surface area contributed by atoms with Crippen molar-refractivity contribution in [2.45, 2.75) is 46.6 Å². The Morgan fingerprint density at radius 1 is 1.10 bits per heavy atom. The molecule has 110 valence electrons. The Labute approximate surface area is 126 Å². The van der Waals surface area contributed by atoms with Crippen LogP contribution in [0.25, 0.3) is 0 Å². The number of aromatic nitrogens is 2. The average molecular weight is 281 g/mol. The van der Waals surface area contributed by atoms with Gasteiger partial charge in [-0.15, -0.1) is 0 Å². The Morgan fingerprint density at radius 2 is 1.86 bits per heavy atom. The summed E-state index contributed by atoms with van der Waals surface area (Å²) in [7, 11) is 0. The predicted molar refractivity (Wildman–Crippen MR) is 85.5 cm³/mol. The van der Waals surface area contributed by atoms with Crippen LogP contribution < -0.4 is 5.32 Å². The summed E-state index contributed by atoms with van der Waals surface area (Å²) in [5, 5.41) is 3.42. The van der Waals surface area contributed by atoms with Crippen molar-refractivity contribution in [1.29, 1.82) is 0 Å². The first-order valence-corrected chi connectivity index (χ1v) is 7.81. The summed E-state index contributed by atoms with van der Waals surface area (Å²) in [6.45, 7) is 8.41. The van der Waals surface area contributed by atoms with E-state index in [-0.39, 0.29) is 0 Å². The van der Waals surface area contributed by atoms with E-state index in [1.807, 2.05) is 0 Å². The first-order valence-electron chi connectivity index (χ1n) is 7.81. The lowest BCUT2D eigenvalue weighted by atomic mass is 10.0. The molecule has 0 aliphatic carbocycles. The molecule has 0 saturated carbocycles. The van der Waals surface area contributed by atoms with Crippen LogP contribution in [-0.4, -0.2) is 16.5 Å². The third kappa shape index (κ3) is 3.13. The molecule has 1 N–H and O–H groups in total. The van der Waals surface area contributed by atoms with Gasteiger partial charge in [0.1, 0.15) is 5.82 Å². The summed E-state index contributed by atoms with van der Waals surface area (Å²) in [6.07, 6.45) is 2.83. The second kappa shape index (κ2) is 5.94. The van der Waals surface area contributed by atoms with Crippen LogP contribution in [0.2, 0.25) is 0 Å². The Kier molecular flexibility index (Phi) is 4.02. The van der Waals surface area contributed by atoms with Crippen molar-refractivity contribution < 1.29 is 0 Å². The van der Waals surface area contributed by atoms with Crippen molar-refractivity contribution >= 4 is 0 Å². The van der Waals surface area contributed by atoms with E-state index in [0.717, 1.165) is 38.2 Å². The molecule has 3 heteroatoms. The molecule has 0 unspecified atom stereocenters. The van der Waals surface area contributed by atoms with E-state index in [1.165, 1.54) is 33.6 Å². The fraction of sp³-hybridized carbons (Fsp3) is 0.444. The molecule has 1 aliphatic rings. The molecular formula is C18H23N3. The topological polar surface area (TPSA) is 37.8 Å². The van der Waals surface area contributed by atoms with Crippen molar-refractivity contribution in [3.8, 4) is 0 Å². The second-order valence-corrected chi connectivity index (χ2v) is 5.96. The monoisotopic (exact) mass is 281 g/mol. The Bertz CT molecular complexity index is 624. The zero-order valence-corrected chi connectivity index (χ0v) is 13.2. The summed E-state index contributed by atoms with van der Waals surface area (Å²) in [6, 6.07) is 6.69. The first kappa shape index (κ1) is 14.2. The van der Waals surface area contributed by atoms with Crippen LogP contribution >= 0.6 is 0 Å². The lowest BCUT2D eigenvalue weighted by Crippen LogP contribution is -2.27. The van der Waals surface area contributed by atoms with Crippen molar-refractivity contribution in [2.75, 3.05) is 6.54 Å². The van der Waals surface area contributed by atoms with Gasteiger partial charge in [-0.05, 0) is 25.8 Å². The minimum absolute atomic E-state index is 0.830. The second-order valence-electron chi connectivity index (χ2n) is 5.96. The maximum atomic E-state index is 4.83. The first-order chi connectivity index (χ1) is 10.2. The van der Waals surface area contributed by atoms with Gasteiger partial charge < -0.3 is 5.32 Å². The molecule has 0 amide bonds. The van der Waals surface area contributed by atoms with Crippen LogP contribution in [0.15, 0.2) is 18.2 Å². The van der Waals surface area contributed by atoms with Gasteiger partial charge in [0.05, 0.1) is 5.69 Å². The molecule has 3 nitrogen and oxygen atoms in total. The van der Waals surface area contributed by atoms with Gasteiger partial charge in [-0.25, -0.2) is 9.97 Å². The van der Waals surface area contributed by atoms with Gasteiger partial charge >= 0.3 is 0 Å². The minimum atomic E-state index is 0.830. The summed E-state index contributed by atoms with van der Waals surface area (Å²) < 4.78 is 0. The van der Waals surface area contributed by atoms with Gasteiger partial charge in [-0.2, -0.15) is 0 Å². The Morgan fingerprint density at radius 3 is 2.57 bits per heavy atom. The van der Waals surface area contributed by atoms with Gasteiger partial charge in [0.15, 0.2) is 0 Å². The number of rotatable bonds is 3. The predicted octanol–water partition coefficient (Wildman–Crippen LogP) is 2.89. The van der Waals surface area contributed by atoms with E-state index in [1.54, 1.807) is 0 Å². The van der Waals surface area contributed by atoms with Crippen molar-refractivity contribution in [3.05, 3.63) is 57.7 Å². The van der Waals surface area contributed by atoms with E-state index < -0.39 is 0 Å². The van der Waals surface area contributed by atoms with Crippen LogP contribution in [0, 0.1) is 13.8 Å². The molecule has 3 rings (SSSR count). The quantitative estimate of drug-likeness (QED) is 0.940. The van der Waals surface area contributed by atoms with Gasteiger partial charge in [0, 0.05) is 37.2 Å². The maximum absolute atomic E-state index is 4.83. The zero-order chi connectivity index (χ0) is 14.8. The van der Waals surface area contributed by atoms with E-state index >= 15 is 0 Å². The molecule has 0 fully saturated rings. The largest absolute Gasteiger partial charge is 0.312 e. The van der Waals surface area contributed by atoms with E-state index in [0.29, 0.717) is 0 Å². The molecule has 21 heavy (non-hydrogen) atoms. The summed E-state index contributed by atoms with van der Waals surface area (Å²) in [5.41, 5.74) is 7.72. The van der Waals surface area contributed by atoms with Crippen LogP contribution in [0.5, 0.6) is 0 Å². The van der Waals surface area contributed by atoms with Crippen molar-refractivity contribution in [3.63, 3.8) is 0 Å². The molecule has 1 aromatic heterocycles. The molecular weight excluding hydrogens is 258 g/mol. The van der Waals surface area contributed by atoms with Gasteiger partial charge in [-0.3, -0.25) is 0 Å². The number of fused-ring (bicyclic) bond motifs is 1. The normalized spacial score (nSPS) is 14.0. The number of aryl methyl sites for hydroxylation is 3. The fourth-order valence-corrected chi connectivity index (χ4v) is 3.19. The smallest absolute Gasteiger partial charge is 0.133 e. The number of nitrogens with one attached hydrogen (secondary N) is 1. The molecule has 2 heterocycles. The van der Waals surface area contributed by atoms with Crippen LogP contribution in [0.1, 0.15) is 46.4 Å². The van der Waals surface area contributed by atoms with Crippen LogP contribution in [-0.2, 0) is 25.8 Å². The number of hydrogen-bond acceptors (Lipinski definition) is 3. The molecule has 0 bridgehead atoms. The molecule has 0 atom stereocenters. The average Bonchev–Trinajstić information content (AvgIpc) is 2.45. The SMILES string of the molecule is CCc1nc(Cc2cc(C)cc(C)c2)nc2c1CNCC2. The van der Waals surface area contributed by atoms with E-state index in [4.69, 9.17) is 9.97 Å². The third-order valence-corrected chi connectivity index (χ3v) is 4.04. The lowest BCUT2D eigenvalue weighted by Gasteiger charge is -2.19. The highest BCUT2D eigenvalue weighted by atomic mass is 14.9. The Hall–Kier alpha value is -1.74. The zero-order valence-electron chi connectivity index (χ0n) is 13.2.